The Hall–Kier alpha value is -4.19. The molecule has 2 aromatic carbocycles. The number of rotatable bonds is 8. The predicted octanol–water partition coefficient (Wildman–Crippen LogP) is 2.48. The Bertz CT molecular complexity index is 1330. The lowest BCUT2D eigenvalue weighted by molar-refractivity contribution is -0.116. The molecule has 2 heterocycles. The van der Waals surface area contributed by atoms with E-state index in [4.69, 9.17) is 4.74 Å². The fourth-order valence-corrected chi connectivity index (χ4v) is 4.45. The van der Waals surface area contributed by atoms with Gasteiger partial charge < -0.3 is 15.0 Å². The van der Waals surface area contributed by atoms with Crippen LogP contribution in [0.15, 0.2) is 65.7 Å². The SMILES string of the molecule is COc1ccc(N2CCN(CC(=O)Nc3ccc(S(=O)(=O)Nc4nccc(C)n4)cc3)C2=O)cc1. The highest BCUT2D eigenvalue weighted by Gasteiger charge is 2.30. The second kappa shape index (κ2) is 9.97. The molecule has 0 aliphatic carbocycles. The van der Waals surface area contributed by atoms with Crippen molar-refractivity contribution in [2.45, 2.75) is 11.8 Å². The van der Waals surface area contributed by atoms with E-state index in [9.17, 15) is 18.0 Å². The number of hydrogen-bond donors (Lipinski definition) is 2. The van der Waals surface area contributed by atoms with Gasteiger partial charge in [-0.05, 0) is 61.5 Å². The van der Waals surface area contributed by atoms with Crippen molar-refractivity contribution in [3.8, 4) is 5.75 Å². The molecule has 3 aromatic rings. The zero-order valence-electron chi connectivity index (χ0n) is 19.1. The first-order chi connectivity index (χ1) is 16.7. The highest BCUT2D eigenvalue weighted by molar-refractivity contribution is 7.92. The highest BCUT2D eigenvalue weighted by Crippen LogP contribution is 2.23. The maximum Gasteiger partial charge on any atom is 0.325 e. The van der Waals surface area contributed by atoms with Gasteiger partial charge in [-0.1, -0.05) is 0 Å². The van der Waals surface area contributed by atoms with Gasteiger partial charge in [0.25, 0.3) is 10.0 Å². The van der Waals surface area contributed by atoms with Gasteiger partial charge >= 0.3 is 6.03 Å². The number of benzene rings is 2. The van der Waals surface area contributed by atoms with E-state index in [0.717, 1.165) is 5.69 Å². The minimum atomic E-state index is -3.89. The molecule has 0 saturated carbocycles. The first kappa shape index (κ1) is 24.0. The van der Waals surface area contributed by atoms with Crippen LogP contribution < -0.4 is 19.7 Å². The molecule has 1 aliphatic rings. The number of sulfonamides is 1. The van der Waals surface area contributed by atoms with Crippen LogP contribution in [0.2, 0.25) is 0 Å². The molecule has 0 radical (unpaired) electrons. The van der Waals surface area contributed by atoms with Gasteiger partial charge in [-0.3, -0.25) is 9.69 Å². The van der Waals surface area contributed by atoms with E-state index in [2.05, 4.69) is 20.0 Å². The van der Waals surface area contributed by atoms with E-state index < -0.39 is 15.9 Å². The van der Waals surface area contributed by atoms with Crippen LogP contribution in [0.5, 0.6) is 5.75 Å². The molecule has 1 fully saturated rings. The second-order valence-electron chi connectivity index (χ2n) is 7.75. The summed E-state index contributed by atoms with van der Waals surface area (Å²) in [5.74, 6) is 0.271. The third kappa shape index (κ3) is 5.66. The monoisotopic (exact) mass is 496 g/mol. The Morgan fingerprint density at radius 3 is 2.43 bits per heavy atom. The Morgan fingerprint density at radius 1 is 1.06 bits per heavy atom. The Morgan fingerprint density at radius 2 is 1.77 bits per heavy atom. The largest absolute Gasteiger partial charge is 0.497 e. The van der Waals surface area contributed by atoms with Crippen LogP contribution in [-0.4, -0.2) is 62.0 Å². The van der Waals surface area contributed by atoms with Crippen LogP contribution in [0.4, 0.5) is 22.1 Å². The number of anilines is 3. The Labute approximate surface area is 202 Å². The minimum absolute atomic E-state index is 0.00883. The molecule has 0 bridgehead atoms. The molecule has 3 amide bonds. The van der Waals surface area contributed by atoms with Crippen LogP contribution in [0.3, 0.4) is 0 Å². The van der Waals surface area contributed by atoms with Crippen molar-refractivity contribution in [2.75, 3.05) is 41.7 Å². The molecule has 0 spiro atoms. The molecule has 1 saturated heterocycles. The molecule has 35 heavy (non-hydrogen) atoms. The highest BCUT2D eigenvalue weighted by atomic mass is 32.2. The summed E-state index contributed by atoms with van der Waals surface area (Å²) >= 11 is 0. The van der Waals surface area contributed by atoms with E-state index >= 15 is 0 Å². The van der Waals surface area contributed by atoms with E-state index in [0.29, 0.717) is 30.2 Å². The standard InChI is InChI=1S/C23H24N6O5S/c1-16-11-12-24-22(25-16)27-35(32,33)20-9-3-17(4-10-20)26-21(30)15-28-13-14-29(23(28)31)18-5-7-19(34-2)8-6-18/h3-12H,13-15H2,1-2H3,(H,26,30)(H,24,25,27). The van der Waals surface area contributed by atoms with Crippen molar-refractivity contribution in [2.24, 2.45) is 0 Å². The molecule has 0 atom stereocenters. The van der Waals surface area contributed by atoms with Crippen molar-refractivity contribution in [1.29, 1.82) is 0 Å². The summed E-state index contributed by atoms with van der Waals surface area (Å²) in [6, 6.07) is 14.2. The van der Waals surface area contributed by atoms with Crippen LogP contribution >= 0.6 is 0 Å². The number of aryl methyl sites for hydroxylation is 1. The second-order valence-corrected chi connectivity index (χ2v) is 9.44. The molecule has 11 nitrogen and oxygen atoms in total. The number of ether oxygens (including phenoxy) is 1. The van der Waals surface area contributed by atoms with Crippen LogP contribution in [0, 0.1) is 6.92 Å². The van der Waals surface area contributed by atoms with Gasteiger partial charge in [0, 0.05) is 36.4 Å². The van der Waals surface area contributed by atoms with Crippen LogP contribution in [0.25, 0.3) is 0 Å². The molecule has 1 aromatic heterocycles. The maximum absolute atomic E-state index is 12.7. The van der Waals surface area contributed by atoms with Gasteiger partial charge in [-0.25, -0.2) is 27.9 Å². The van der Waals surface area contributed by atoms with E-state index in [1.54, 1.807) is 49.3 Å². The number of urea groups is 1. The van der Waals surface area contributed by atoms with Gasteiger partial charge in [-0.15, -0.1) is 0 Å². The molecule has 182 valence electrons. The number of methoxy groups -OCH3 is 1. The minimum Gasteiger partial charge on any atom is -0.497 e. The third-order valence-corrected chi connectivity index (χ3v) is 6.63. The number of nitrogens with one attached hydrogen (secondary N) is 2. The quantitative estimate of drug-likeness (QED) is 0.489. The number of aromatic nitrogens is 2. The van der Waals surface area contributed by atoms with Crippen molar-refractivity contribution >= 4 is 39.3 Å². The van der Waals surface area contributed by atoms with Gasteiger partial charge in [0.2, 0.25) is 11.9 Å². The van der Waals surface area contributed by atoms with Gasteiger partial charge in [0.15, 0.2) is 0 Å². The molecule has 4 rings (SSSR count). The summed E-state index contributed by atoms with van der Waals surface area (Å²) in [6.45, 7) is 2.46. The predicted molar refractivity (Wildman–Crippen MR) is 130 cm³/mol. The maximum atomic E-state index is 12.7. The normalized spacial score (nSPS) is 13.6. The fourth-order valence-electron chi connectivity index (χ4n) is 3.50. The molecule has 2 N–H and O–H groups in total. The molecule has 1 aliphatic heterocycles. The summed E-state index contributed by atoms with van der Waals surface area (Å²) in [6.07, 6.45) is 1.46. The zero-order chi connectivity index (χ0) is 25.0. The average Bonchev–Trinajstić information content (AvgIpc) is 3.19. The summed E-state index contributed by atoms with van der Waals surface area (Å²) in [4.78, 5) is 36.2. The lowest BCUT2D eigenvalue weighted by Crippen LogP contribution is -2.37. The Kier molecular flexibility index (Phi) is 6.82. The lowest BCUT2D eigenvalue weighted by atomic mass is 10.3. The number of carbonyl (C=O) groups is 2. The molecular formula is C23H24N6O5S. The average molecular weight is 497 g/mol. The number of carbonyl (C=O) groups excluding carboxylic acids is 2. The van der Waals surface area contributed by atoms with Crippen molar-refractivity contribution in [3.63, 3.8) is 0 Å². The Balaban J connectivity index is 1.34. The summed E-state index contributed by atoms with van der Waals surface area (Å²) in [7, 11) is -2.32. The summed E-state index contributed by atoms with van der Waals surface area (Å²) in [5, 5.41) is 2.69. The smallest absolute Gasteiger partial charge is 0.325 e. The number of nitrogens with zero attached hydrogens (tertiary/aromatic N) is 4. The number of hydrogen-bond acceptors (Lipinski definition) is 7. The van der Waals surface area contributed by atoms with Gasteiger partial charge in [0.1, 0.15) is 12.3 Å². The van der Waals surface area contributed by atoms with Gasteiger partial charge in [0.05, 0.1) is 12.0 Å². The lowest BCUT2D eigenvalue weighted by Gasteiger charge is -2.18. The zero-order valence-corrected chi connectivity index (χ0v) is 19.9. The van der Waals surface area contributed by atoms with E-state index in [-0.39, 0.29) is 23.4 Å². The van der Waals surface area contributed by atoms with Crippen molar-refractivity contribution < 1.29 is 22.7 Å². The van der Waals surface area contributed by atoms with E-state index in [1.165, 1.54) is 35.4 Å². The molecule has 12 heteroatoms. The van der Waals surface area contributed by atoms with Crippen molar-refractivity contribution in [1.82, 2.24) is 14.9 Å². The number of amides is 3. The van der Waals surface area contributed by atoms with Gasteiger partial charge in [-0.2, -0.15) is 0 Å². The molecular weight excluding hydrogens is 472 g/mol. The van der Waals surface area contributed by atoms with E-state index in [1.807, 2.05) is 0 Å². The first-order valence-electron chi connectivity index (χ1n) is 10.7. The summed E-state index contributed by atoms with van der Waals surface area (Å²) < 4.78 is 32.6. The fraction of sp³-hybridized carbons (Fsp3) is 0.217. The summed E-state index contributed by atoms with van der Waals surface area (Å²) in [5.41, 5.74) is 1.75. The van der Waals surface area contributed by atoms with Crippen molar-refractivity contribution in [3.05, 3.63) is 66.5 Å². The first-order valence-corrected chi connectivity index (χ1v) is 12.2. The third-order valence-electron chi connectivity index (χ3n) is 5.28. The van der Waals surface area contributed by atoms with Crippen LogP contribution in [-0.2, 0) is 14.8 Å². The topological polar surface area (TPSA) is 134 Å². The molecule has 0 unspecified atom stereocenters. The van der Waals surface area contributed by atoms with Crippen LogP contribution in [0.1, 0.15) is 5.69 Å².